The number of anilines is 2. The van der Waals surface area contributed by atoms with E-state index < -0.39 is 39.9 Å². The minimum absolute atomic E-state index is 0.157. The van der Waals surface area contributed by atoms with E-state index in [1.165, 1.54) is 24.3 Å². The predicted octanol–water partition coefficient (Wildman–Crippen LogP) is 6.76. The third-order valence-corrected chi connectivity index (χ3v) is 17.6. The first kappa shape index (κ1) is 32.3. The van der Waals surface area contributed by atoms with Gasteiger partial charge in [-0.2, -0.15) is 0 Å². The Morgan fingerprint density at radius 3 is 1.40 bits per heavy atom. The molecule has 4 nitrogen and oxygen atoms in total. The molecule has 2 aliphatic carbocycles. The van der Waals surface area contributed by atoms with Crippen LogP contribution in [0.1, 0.15) is 40.5 Å². The number of benzene rings is 2. The van der Waals surface area contributed by atoms with Crippen molar-refractivity contribution in [1.29, 1.82) is 0 Å². The summed E-state index contributed by atoms with van der Waals surface area (Å²) < 4.78 is 79.7. The summed E-state index contributed by atoms with van der Waals surface area (Å²) in [5.74, 6) is -2.95. The molecule has 2 aromatic carbocycles. The van der Waals surface area contributed by atoms with Crippen molar-refractivity contribution in [2.24, 2.45) is 10.8 Å². The van der Waals surface area contributed by atoms with Gasteiger partial charge in [0.25, 0.3) is 0 Å². The van der Waals surface area contributed by atoms with E-state index >= 15 is 17.6 Å². The number of allylic oxidation sites excluding steroid dienone is 8. The first-order valence-electron chi connectivity index (χ1n) is 15.9. The zero-order valence-electron chi connectivity index (χ0n) is 26.6. The van der Waals surface area contributed by atoms with Crippen LogP contribution in [0.2, 0.25) is 0 Å². The van der Waals surface area contributed by atoms with Crippen molar-refractivity contribution in [2.45, 2.75) is 40.5 Å². The van der Waals surface area contributed by atoms with Gasteiger partial charge < -0.3 is 0 Å². The molecule has 6 rings (SSSR count). The molecule has 0 unspecified atom stereocenters. The fraction of sp³-hybridized carbons (Fsp3) is 0.444. The van der Waals surface area contributed by atoms with E-state index in [4.69, 9.17) is 9.47 Å². The van der Waals surface area contributed by atoms with Gasteiger partial charge in [-0.15, -0.1) is 0 Å². The van der Waals surface area contributed by atoms with Crippen LogP contribution in [0.5, 0.6) is 0 Å². The van der Waals surface area contributed by atoms with Crippen LogP contribution in [0.3, 0.4) is 0 Å². The summed E-state index contributed by atoms with van der Waals surface area (Å²) in [5, 5.41) is 0. The first-order valence-corrected chi connectivity index (χ1v) is 19.0. The van der Waals surface area contributed by atoms with Crippen molar-refractivity contribution in [3.05, 3.63) is 91.7 Å². The Labute approximate surface area is 267 Å². The summed E-state index contributed by atoms with van der Waals surface area (Å²) in [6.45, 7) is 12.5. The third-order valence-electron chi connectivity index (χ3n) is 9.68. The number of hydrogen-bond donors (Lipinski definition) is 0. The first-order chi connectivity index (χ1) is 21.6. The van der Waals surface area contributed by atoms with E-state index in [1.807, 2.05) is 60.1 Å². The molecule has 0 bridgehead atoms. The van der Waals surface area contributed by atoms with Crippen LogP contribution in [-0.2, 0) is 26.1 Å². The van der Waals surface area contributed by atoms with Crippen molar-refractivity contribution in [1.82, 2.24) is 0 Å². The molecule has 45 heavy (non-hydrogen) atoms. The van der Waals surface area contributed by atoms with Crippen molar-refractivity contribution in [3.8, 4) is 0 Å². The standard InChI is InChI=1S/2C13H16F2NO.2C5H5.Ti/c2*1-3-17-9-13(2)7-16(8-13)12-5-4-10(14)6-11(12)15;2*1-2-4-5-3-1;/h2*4-5H,3,7-9H2,1-2H3;2*1-3H,4H2;. The average molecular weight is 659 g/mol. The van der Waals surface area contributed by atoms with Gasteiger partial charge in [0.2, 0.25) is 0 Å². The van der Waals surface area contributed by atoms with Crippen LogP contribution in [0.15, 0.2) is 68.5 Å². The zero-order valence-corrected chi connectivity index (χ0v) is 28.1. The van der Waals surface area contributed by atoms with Crippen LogP contribution in [-0.4, -0.2) is 52.6 Å². The van der Waals surface area contributed by atoms with Crippen molar-refractivity contribution < 1.29 is 43.6 Å². The summed E-state index contributed by atoms with van der Waals surface area (Å²) in [7, 11) is 0. The number of nitrogens with zero attached hydrogens (tertiary/aromatic N) is 2. The summed E-state index contributed by atoms with van der Waals surface area (Å²) >= 11 is -4.90. The van der Waals surface area contributed by atoms with Crippen molar-refractivity contribution in [3.63, 3.8) is 0 Å². The zero-order chi connectivity index (χ0) is 32.0. The van der Waals surface area contributed by atoms with E-state index in [1.54, 1.807) is 0 Å². The Bertz CT molecular complexity index is 1470. The van der Waals surface area contributed by atoms with Gasteiger partial charge in [0, 0.05) is 0 Å². The molecule has 240 valence electrons. The molecule has 2 heterocycles. The molecule has 0 N–H and O–H groups in total. The minimum atomic E-state index is -4.90. The molecule has 9 heteroatoms. The summed E-state index contributed by atoms with van der Waals surface area (Å²) in [6, 6.07) is 5.50. The molecule has 2 saturated heterocycles. The van der Waals surface area contributed by atoms with E-state index in [-0.39, 0.29) is 29.9 Å². The van der Waals surface area contributed by atoms with Gasteiger partial charge in [-0.05, 0) is 0 Å². The van der Waals surface area contributed by atoms with E-state index in [2.05, 4.69) is 13.8 Å². The summed E-state index contributed by atoms with van der Waals surface area (Å²) in [6.07, 6.45) is 11.9. The Morgan fingerprint density at radius 2 is 1.07 bits per heavy atom. The molecule has 0 atom stereocenters. The van der Waals surface area contributed by atoms with Gasteiger partial charge in [0.15, 0.2) is 0 Å². The Balaban J connectivity index is 1.52. The van der Waals surface area contributed by atoms with Crippen LogP contribution in [0, 0.1) is 34.1 Å². The topological polar surface area (TPSA) is 24.9 Å². The molecule has 2 fully saturated rings. The molecule has 2 aliphatic heterocycles. The molecule has 2 aromatic rings. The van der Waals surface area contributed by atoms with Gasteiger partial charge in [0.1, 0.15) is 0 Å². The van der Waals surface area contributed by atoms with Gasteiger partial charge >= 0.3 is 268 Å². The van der Waals surface area contributed by atoms with Gasteiger partial charge in [-0.25, -0.2) is 0 Å². The molecule has 0 amide bonds. The van der Waals surface area contributed by atoms with Crippen LogP contribution in [0.4, 0.5) is 28.9 Å². The average Bonchev–Trinajstić information content (AvgIpc) is 3.72. The molecular formula is C36H42F4N2O2Ti. The fourth-order valence-corrected chi connectivity index (χ4v) is 15.9. The predicted molar refractivity (Wildman–Crippen MR) is 169 cm³/mol. The number of hydrogen-bond acceptors (Lipinski definition) is 4. The summed E-state index contributed by atoms with van der Waals surface area (Å²) in [5.41, 5.74) is 0.206. The third kappa shape index (κ3) is 5.56. The molecule has 0 aromatic heterocycles. The maximum atomic E-state index is 17.2. The normalized spacial score (nSPS) is 19.9. The molecule has 0 spiro atoms. The van der Waals surface area contributed by atoms with E-state index in [9.17, 15) is 0 Å². The Morgan fingerprint density at radius 1 is 0.667 bits per heavy atom. The Hall–Kier alpha value is -2.65. The van der Waals surface area contributed by atoms with Crippen molar-refractivity contribution >= 4 is 19.1 Å². The van der Waals surface area contributed by atoms with Crippen LogP contribution >= 0.6 is 0 Å². The van der Waals surface area contributed by atoms with Crippen LogP contribution in [0.25, 0.3) is 0 Å². The number of halogens is 4. The van der Waals surface area contributed by atoms with Gasteiger partial charge in [0.05, 0.1) is 0 Å². The molecular weight excluding hydrogens is 616 g/mol. The van der Waals surface area contributed by atoms with Crippen LogP contribution < -0.4 is 17.5 Å². The van der Waals surface area contributed by atoms with Gasteiger partial charge in [-0.3, -0.25) is 0 Å². The molecule has 0 radical (unpaired) electrons. The second kappa shape index (κ2) is 12.5. The fourth-order valence-electron chi connectivity index (χ4n) is 7.65. The number of rotatable bonds is 12. The second-order valence-electron chi connectivity index (χ2n) is 13.5. The number of ether oxygens (including phenoxy) is 2. The monoisotopic (exact) mass is 658 g/mol. The Kier molecular flexibility index (Phi) is 8.98. The second-order valence-corrected chi connectivity index (χ2v) is 19.4. The maximum absolute atomic E-state index is 17.2. The molecule has 4 aliphatic rings. The van der Waals surface area contributed by atoms with Crippen molar-refractivity contribution in [2.75, 3.05) is 62.4 Å². The van der Waals surface area contributed by atoms with E-state index in [0.29, 0.717) is 73.2 Å². The van der Waals surface area contributed by atoms with E-state index in [0.717, 1.165) is 0 Å². The SMILES string of the molecule is CCOCC1(C)CN(c2ccc(F)[c]([Ti]([C]3=CC=CC3)([C]3=CC=CC3)[c]3c(F)ccc(N4CC(C)(COCC)C4)c3F)c2F)C1. The van der Waals surface area contributed by atoms with Gasteiger partial charge in [-0.1, -0.05) is 0 Å². The summed E-state index contributed by atoms with van der Waals surface area (Å²) in [4.78, 5) is 3.77. The molecule has 0 saturated carbocycles. The quantitative estimate of drug-likeness (QED) is 0.186.